The molecular weight excluding hydrogens is 268 g/mol. The predicted octanol–water partition coefficient (Wildman–Crippen LogP) is 5.92. The average Bonchev–Trinajstić information content (AvgIpc) is 2.99. The van der Waals surface area contributed by atoms with Crippen molar-refractivity contribution in [2.24, 2.45) is 5.92 Å². The molecule has 2 rings (SSSR count). The van der Waals surface area contributed by atoms with Crippen molar-refractivity contribution < 1.29 is 0 Å². The highest BCUT2D eigenvalue weighted by Gasteiger charge is 2.30. The lowest BCUT2D eigenvalue weighted by Gasteiger charge is -2.39. The Morgan fingerprint density at radius 3 is 1.82 bits per heavy atom. The van der Waals surface area contributed by atoms with Crippen molar-refractivity contribution >= 4 is 0 Å². The highest BCUT2D eigenvalue weighted by Crippen LogP contribution is 2.22. The van der Waals surface area contributed by atoms with E-state index >= 15 is 0 Å². The summed E-state index contributed by atoms with van der Waals surface area (Å²) in [7, 11) is 0. The number of hydrogen-bond acceptors (Lipinski definition) is 2. The molecule has 2 heterocycles. The van der Waals surface area contributed by atoms with Gasteiger partial charge >= 0.3 is 0 Å². The first kappa shape index (κ1) is 26.8. The fourth-order valence-corrected chi connectivity index (χ4v) is 2.48. The summed E-state index contributed by atoms with van der Waals surface area (Å²) in [5, 5.41) is 0. The van der Waals surface area contributed by atoms with Gasteiger partial charge < -0.3 is 0 Å². The molecule has 1 unspecified atom stereocenters. The van der Waals surface area contributed by atoms with E-state index in [4.69, 9.17) is 0 Å². The minimum absolute atomic E-state index is 0. The predicted molar refractivity (Wildman–Crippen MR) is 106 cm³/mol. The second kappa shape index (κ2) is 17.3. The van der Waals surface area contributed by atoms with Gasteiger partial charge in [-0.05, 0) is 39.2 Å². The topological polar surface area (TPSA) is 6.48 Å². The fraction of sp³-hybridized carbons (Fsp3) is 1.00. The summed E-state index contributed by atoms with van der Waals surface area (Å²) >= 11 is 0. The number of piperazine rings is 1. The first-order chi connectivity index (χ1) is 10.0. The Bertz CT molecular complexity index is 202. The third-order valence-electron chi connectivity index (χ3n) is 4.17. The molecule has 22 heavy (non-hydrogen) atoms. The summed E-state index contributed by atoms with van der Waals surface area (Å²) < 4.78 is 0. The minimum atomic E-state index is 0. The van der Waals surface area contributed by atoms with Gasteiger partial charge in [-0.1, -0.05) is 62.3 Å². The Morgan fingerprint density at radius 2 is 1.41 bits per heavy atom. The second-order valence-corrected chi connectivity index (χ2v) is 6.22. The third-order valence-corrected chi connectivity index (χ3v) is 4.17. The van der Waals surface area contributed by atoms with Gasteiger partial charge in [0.25, 0.3) is 0 Å². The summed E-state index contributed by atoms with van der Waals surface area (Å²) in [5.41, 5.74) is 0. The molecule has 2 aliphatic heterocycles. The number of nitrogens with zero attached hydrogens (tertiary/aromatic N) is 2. The van der Waals surface area contributed by atoms with E-state index in [0.717, 1.165) is 18.0 Å². The van der Waals surface area contributed by atoms with Crippen LogP contribution in [-0.4, -0.2) is 48.1 Å². The average molecular weight is 317 g/mol. The van der Waals surface area contributed by atoms with Crippen molar-refractivity contribution in [3.8, 4) is 0 Å². The lowest BCUT2D eigenvalue weighted by atomic mass is 10.1. The molecule has 0 bridgehead atoms. The van der Waals surface area contributed by atoms with E-state index in [2.05, 4.69) is 44.4 Å². The van der Waals surface area contributed by atoms with Gasteiger partial charge in [0.2, 0.25) is 0 Å². The molecule has 2 heteroatoms. The lowest BCUT2D eigenvalue weighted by molar-refractivity contribution is 0.0827. The van der Waals surface area contributed by atoms with Crippen LogP contribution in [0.25, 0.3) is 0 Å². The zero-order valence-corrected chi connectivity index (χ0v) is 16.6. The Labute approximate surface area is 143 Å². The molecule has 138 valence electrons. The van der Waals surface area contributed by atoms with Crippen molar-refractivity contribution in [1.29, 1.82) is 0 Å². The van der Waals surface area contributed by atoms with Crippen LogP contribution in [0.5, 0.6) is 0 Å². The van der Waals surface area contributed by atoms with Crippen LogP contribution in [0, 0.1) is 5.92 Å². The summed E-state index contributed by atoms with van der Waals surface area (Å²) in [4.78, 5) is 5.28. The monoisotopic (exact) mass is 316 g/mol. The van der Waals surface area contributed by atoms with Gasteiger partial charge in [-0.25, -0.2) is 0 Å². The van der Waals surface area contributed by atoms with Gasteiger partial charge in [0.1, 0.15) is 0 Å². The van der Waals surface area contributed by atoms with Crippen molar-refractivity contribution in [2.75, 3.05) is 26.2 Å². The molecule has 2 saturated heterocycles. The normalized spacial score (nSPS) is 20.6. The molecule has 2 fully saturated rings. The lowest BCUT2D eigenvalue weighted by Crippen LogP contribution is -2.52. The Hall–Kier alpha value is -0.0800. The molecule has 0 aromatic rings. The van der Waals surface area contributed by atoms with E-state index in [1.54, 1.807) is 0 Å². The van der Waals surface area contributed by atoms with Crippen LogP contribution >= 0.6 is 0 Å². The van der Waals surface area contributed by atoms with Gasteiger partial charge in [-0.2, -0.15) is 0 Å². The van der Waals surface area contributed by atoms with E-state index in [1.807, 2.05) is 27.7 Å². The van der Waals surface area contributed by atoms with E-state index in [0.29, 0.717) is 0 Å². The van der Waals surface area contributed by atoms with Crippen LogP contribution in [0.2, 0.25) is 0 Å². The molecule has 0 spiro atoms. The molecule has 0 saturated carbocycles. The molecular formula is C20H48N2. The van der Waals surface area contributed by atoms with Crippen LogP contribution < -0.4 is 0 Å². The Kier molecular flexibility index (Phi) is 21.0. The van der Waals surface area contributed by atoms with E-state index in [9.17, 15) is 0 Å². The highest BCUT2D eigenvalue weighted by molar-refractivity contribution is 4.87. The van der Waals surface area contributed by atoms with Crippen molar-refractivity contribution in [3.63, 3.8) is 0 Å². The van der Waals surface area contributed by atoms with Crippen LogP contribution in [0.3, 0.4) is 0 Å². The molecule has 0 aliphatic carbocycles. The Balaban J connectivity index is -0.000000311. The van der Waals surface area contributed by atoms with Gasteiger partial charge in [0, 0.05) is 31.7 Å². The summed E-state index contributed by atoms with van der Waals surface area (Å²) in [6, 6.07) is 1.63. The van der Waals surface area contributed by atoms with Crippen LogP contribution in [0.4, 0.5) is 0 Å². The molecule has 0 aromatic carbocycles. The molecule has 0 amide bonds. The Morgan fingerprint density at radius 1 is 0.909 bits per heavy atom. The van der Waals surface area contributed by atoms with Crippen LogP contribution in [0.1, 0.15) is 89.0 Å². The zero-order valence-electron chi connectivity index (χ0n) is 16.6. The smallest absolute Gasteiger partial charge is 0.0224 e. The quantitative estimate of drug-likeness (QED) is 0.624. The van der Waals surface area contributed by atoms with Gasteiger partial charge in [-0.3, -0.25) is 9.80 Å². The molecule has 2 nitrogen and oxygen atoms in total. The molecule has 1 atom stereocenters. The van der Waals surface area contributed by atoms with Gasteiger partial charge in [0.05, 0.1) is 0 Å². The maximum atomic E-state index is 2.67. The zero-order chi connectivity index (χ0) is 16.8. The van der Waals surface area contributed by atoms with Crippen LogP contribution in [0.15, 0.2) is 0 Å². The largest absolute Gasteiger partial charge is 0.298 e. The van der Waals surface area contributed by atoms with E-state index in [1.165, 1.54) is 45.4 Å². The first-order valence-corrected chi connectivity index (χ1v) is 9.52. The van der Waals surface area contributed by atoms with E-state index in [-0.39, 0.29) is 7.43 Å². The van der Waals surface area contributed by atoms with Gasteiger partial charge in [-0.15, -0.1) is 0 Å². The van der Waals surface area contributed by atoms with Crippen molar-refractivity contribution in [2.45, 2.75) is 101 Å². The summed E-state index contributed by atoms with van der Waals surface area (Å²) in [6.07, 6.45) is 4.17. The standard InChI is InChI=1S/C10H20N2.C5H12.2C2H6.CH4/c1-9(2)12-7-6-11-5-3-4-10(11)8-12;1-4-5(2)3;2*1-2;/h9-10H,3-8H2,1-2H3;5H,4H2,1-3H3;2*1-2H3;1H4. The molecule has 0 N–H and O–H groups in total. The van der Waals surface area contributed by atoms with Crippen molar-refractivity contribution in [1.82, 2.24) is 9.80 Å². The van der Waals surface area contributed by atoms with Gasteiger partial charge in [0.15, 0.2) is 0 Å². The fourth-order valence-electron chi connectivity index (χ4n) is 2.48. The minimum Gasteiger partial charge on any atom is -0.298 e. The maximum absolute atomic E-state index is 2.67. The highest BCUT2D eigenvalue weighted by atomic mass is 15.3. The van der Waals surface area contributed by atoms with Crippen molar-refractivity contribution in [3.05, 3.63) is 0 Å². The first-order valence-electron chi connectivity index (χ1n) is 9.52. The van der Waals surface area contributed by atoms with Crippen LogP contribution in [-0.2, 0) is 0 Å². The number of rotatable bonds is 2. The number of hydrogen-bond donors (Lipinski definition) is 0. The SMILES string of the molecule is C.CC.CC.CC(C)N1CCN2CCCC2C1.CCC(C)C. The number of fused-ring (bicyclic) bond motifs is 1. The summed E-state index contributed by atoms with van der Waals surface area (Å²) in [6.45, 7) is 24.5. The molecule has 0 radical (unpaired) electrons. The van der Waals surface area contributed by atoms with E-state index < -0.39 is 0 Å². The second-order valence-electron chi connectivity index (χ2n) is 6.22. The maximum Gasteiger partial charge on any atom is 0.0224 e. The molecule has 0 aromatic heterocycles. The third kappa shape index (κ3) is 11.5. The molecule has 2 aliphatic rings. The summed E-state index contributed by atoms with van der Waals surface area (Å²) in [5.74, 6) is 0.884.